The van der Waals surface area contributed by atoms with Gasteiger partial charge in [-0.15, -0.1) is 0 Å². The van der Waals surface area contributed by atoms with Gasteiger partial charge >= 0.3 is 0 Å². The summed E-state index contributed by atoms with van der Waals surface area (Å²) in [5, 5.41) is 0. The zero-order chi connectivity index (χ0) is 18.5. The van der Waals surface area contributed by atoms with Crippen molar-refractivity contribution < 1.29 is 19.2 Å². The Hall–Kier alpha value is -2.70. The van der Waals surface area contributed by atoms with Crippen LogP contribution in [0, 0.1) is 5.41 Å². The molecule has 0 unspecified atom stereocenters. The van der Waals surface area contributed by atoms with Crippen molar-refractivity contribution in [3.8, 4) is 0 Å². The lowest BCUT2D eigenvalue weighted by Gasteiger charge is -2.53. The van der Waals surface area contributed by atoms with E-state index in [0.29, 0.717) is 24.2 Å². The van der Waals surface area contributed by atoms with E-state index in [9.17, 15) is 19.2 Å². The molecule has 1 spiro atoms. The van der Waals surface area contributed by atoms with Gasteiger partial charge in [0.15, 0.2) is 0 Å². The lowest BCUT2D eigenvalue weighted by atomic mass is 9.72. The van der Waals surface area contributed by atoms with Gasteiger partial charge in [-0.2, -0.15) is 0 Å². The second-order valence-electron chi connectivity index (χ2n) is 7.50. The minimum Gasteiger partial charge on any atom is -0.342 e. The molecule has 7 heteroatoms. The highest BCUT2D eigenvalue weighted by Crippen LogP contribution is 2.40. The van der Waals surface area contributed by atoms with Crippen LogP contribution in [0.4, 0.5) is 0 Å². The minimum absolute atomic E-state index is 0.0970. The van der Waals surface area contributed by atoms with Crippen LogP contribution in [0.1, 0.15) is 40.5 Å². The smallest absolute Gasteiger partial charge is 0.262 e. The van der Waals surface area contributed by atoms with E-state index < -0.39 is 11.8 Å². The molecule has 3 aliphatic rings. The largest absolute Gasteiger partial charge is 0.342 e. The van der Waals surface area contributed by atoms with Gasteiger partial charge < -0.3 is 9.80 Å². The average molecular weight is 355 g/mol. The Morgan fingerprint density at radius 2 is 1.50 bits per heavy atom. The third kappa shape index (κ3) is 2.58. The number of carbonyl (C=O) groups excluding carboxylic acids is 4. The predicted molar refractivity (Wildman–Crippen MR) is 92.3 cm³/mol. The first-order valence-electron chi connectivity index (χ1n) is 8.89. The van der Waals surface area contributed by atoms with Gasteiger partial charge in [0.25, 0.3) is 11.8 Å². The Balaban J connectivity index is 1.35. The third-order valence-corrected chi connectivity index (χ3v) is 5.85. The number of fused-ring (bicyclic) bond motifs is 1. The van der Waals surface area contributed by atoms with Crippen molar-refractivity contribution in [2.45, 2.75) is 19.8 Å². The number of amides is 4. The van der Waals surface area contributed by atoms with Crippen LogP contribution in [0.3, 0.4) is 0 Å². The number of hydrogen-bond donors (Lipinski definition) is 0. The van der Waals surface area contributed by atoms with Crippen LogP contribution in [0.5, 0.6) is 0 Å². The Bertz CT molecular complexity index is 768. The van der Waals surface area contributed by atoms with E-state index in [1.165, 1.54) is 0 Å². The topological polar surface area (TPSA) is 78.0 Å². The number of piperidine rings is 1. The van der Waals surface area contributed by atoms with E-state index in [2.05, 4.69) is 0 Å². The minimum atomic E-state index is -0.400. The van der Waals surface area contributed by atoms with Gasteiger partial charge in [0.1, 0.15) is 6.54 Å². The second-order valence-corrected chi connectivity index (χ2v) is 7.50. The summed E-state index contributed by atoms with van der Waals surface area (Å²) in [5.74, 6) is -0.899. The van der Waals surface area contributed by atoms with E-state index in [4.69, 9.17) is 0 Å². The first kappa shape index (κ1) is 16.8. The van der Waals surface area contributed by atoms with Crippen molar-refractivity contribution in [3.63, 3.8) is 0 Å². The van der Waals surface area contributed by atoms with E-state index in [1.54, 1.807) is 36.1 Å². The fourth-order valence-corrected chi connectivity index (χ4v) is 4.15. The SMILES string of the molecule is CC(=O)N1CC2(CCN(C(=O)CN3C(=O)c4ccccc4C3=O)CC2)C1. The molecule has 2 saturated heterocycles. The maximum absolute atomic E-state index is 12.6. The van der Waals surface area contributed by atoms with Crippen LogP contribution in [-0.4, -0.2) is 71.1 Å². The number of nitrogens with zero attached hydrogens (tertiary/aromatic N) is 3. The van der Waals surface area contributed by atoms with Gasteiger partial charge in [-0.25, -0.2) is 0 Å². The summed E-state index contributed by atoms with van der Waals surface area (Å²) < 4.78 is 0. The second kappa shape index (κ2) is 5.93. The van der Waals surface area contributed by atoms with Crippen LogP contribution >= 0.6 is 0 Å². The molecule has 0 bridgehead atoms. The number of benzene rings is 1. The summed E-state index contributed by atoms with van der Waals surface area (Å²) in [4.78, 5) is 53.3. The molecule has 4 amide bonds. The lowest BCUT2D eigenvalue weighted by Crippen LogP contribution is -2.62. The summed E-state index contributed by atoms with van der Waals surface area (Å²) in [6, 6.07) is 6.65. The molecule has 0 N–H and O–H groups in total. The quantitative estimate of drug-likeness (QED) is 0.734. The first-order valence-corrected chi connectivity index (χ1v) is 8.89. The monoisotopic (exact) mass is 355 g/mol. The van der Waals surface area contributed by atoms with Crippen LogP contribution in [0.2, 0.25) is 0 Å². The van der Waals surface area contributed by atoms with E-state index >= 15 is 0 Å². The maximum atomic E-state index is 12.6. The Morgan fingerprint density at radius 3 is 2.00 bits per heavy atom. The molecule has 1 aromatic carbocycles. The number of hydrogen-bond acceptors (Lipinski definition) is 4. The fourth-order valence-electron chi connectivity index (χ4n) is 4.15. The normalized spacial score (nSPS) is 21.0. The van der Waals surface area contributed by atoms with Crippen molar-refractivity contribution in [1.82, 2.24) is 14.7 Å². The van der Waals surface area contributed by atoms with E-state index in [0.717, 1.165) is 30.8 Å². The molecular formula is C19H21N3O4. The van der Waals surface area contributed by atoms with Crippen molar-refractivity contribution in [1.29, 1.82) is 0 Å². The summed E-state index contributed by atoms with van der Waals surface area (Å²) in [6.07, 6.45) is 1.70. The van der Waals surface area contributed by atoms with Crippen LogP contribution in [0.15, 0.2) is 24.3 Å². The first-order chi connectivity index (χ1) is 12.4. The average Bonchev–Trinajstić information content (AvgIpc) is 2.85. The zero-order valence-electron chi connectivity index (χ0n) is 14.7. The Morgan fingerprint density at radius 1 is 0.962 bits per heavy atom. The van der Waals surface area contributed by atoms with Gasteiger partial charge in [0.2, 0.25) is 11.8 Å². The predicted octanol–water partition coefficient (Wildman–Crippen LogP) is 0.753. The molecule has 136 valence electrons. The number of carbonyl (C=O) groups is 4. The summed E-state index contributed by atoms with van der Waals surface area (Å²) in [6.45, 7) is 4.11. The number of imide groups is 1. The Kier molecular flexibility index (Phi) is 3.82. The standard InChI is InChI=1S/C19H21N3O4/c1-13(23)21-11-19(12-21)6-8-20(9-7-19)16(24)10-22-17(25)14-4-2-3-5-15(14)18(22)26/h2-5H,6-12H2,1H3. The van der Waals surface area contributed by atoms with Gasteiger partial charge in [-0.1, -0.05) is 12.1 Å². The third-order valence-electron chi connectivity index (χ3n) is 5.85. The maximum Gasteiger partial charge on any atom is 0.262 e. The fraction of sp³-hybridized carbons (Fsp3) is 0.474. The van der Waals surface area contributed by atoms with E-state index in [-0.39, 0.29) is 23.8 Å². The molecule has 0 aliphatic carbocycles. The summed E-state index contributed by atoms with van der Waals surface area (Å²) >= 11 is 0. The highest BCUT2D eigenvalue weighted by molar-refractivity contribution is 6.22. The molecule has 0 atom stereocenters. The van der Waals surface area contributed by atoms with Crippen LogP contribution < -0.4 is 0 Å². The molecule has 0 saturated carbocycles. The van der Waals surface area contributed by atoms with Gasteiger partial charge in [0.05, 0.1) is 11.1 Å². The van der Waals surface area contributed by atoms with Crippen molar-refractivity contribution in [3.05, 3.63) is 35.4 Å². The molecule has 0 aromatic heterocycles. The molecule has 3 aliphatic heterocycles. The Labute approximate surface area is 151 Å². The molecule has 26 heavy (non-hydrogen) atoms. The number of rotatable bonds is 2. The van der Waals surface area contributed by atoms with Crippen LogP contribution in [-0.2, 0) is 9.59 Å². The highest BCUT2D eigenvalue weighted by Gasteiger charge is 2.46. The van der Waals surface area contributed by atoms with Gasteiger partial charge in [0, 0.05) is 38.5 Å². The molecule has 4 rings (SSSR count). The highest BCUT2D eigenvalue weighted by atomic mass is 16.2. The van der Waals surface area contributed by atoms with Crippen molar-refractivity contribution >= 4 is 23.6 Å². The lowest BCUT2D eigenvalue weighted by molar-refractivity contribution is -0.148. The molecule has 0 radical (unpaired) electrons. The van der Waals surface area contributed by atoms with Crippen molar-refractivity contribution in [2.24, 2.45) is 5.41 Å². The zero-order valence-corrected chi connectivity index (χ0v) is 14.7. The van der Waals surface area contributed by atoms with Gasteiger partial charge in [-0.3, -0.25) is 24.1 Å². The summed E-state index contributed by atoms with van der Waals surface area (Å²) in [7, 11) is 0. The van der Waals surface area contributed by atoms with Crippen molar-refractivity contribution in [2.75, 3.05) is 32.7 Å². The molecule has 3 heterocycles. The summed E-state index contributed by atoms with van der Waals surface area (Å²) in [5.41, 5.74) is 0.862. The number of likely N-dealkylation sites (tertiary alicyclic amines) is 2. The van der Waals surface area contributed by atoms with Crippen LogP contribution in [0.25, 0.3) is 0 Å². The molecular weight excluding hydrogens is 334 g/mol. The molecule has 2 fully saturated rings. The van der Waals surface area contributed by atoms with E-state index in [1.807, 2.05) is 4.90 Å². The molecule has 1 aromatic rings. The van der Waals surface area contributed by atoms with Gasteiger partial charge in [-0.05, 0) is 25.0 Å². The molecule has 7 nitrogen and oxygen atoms in total.